The number of halogens is 1. The lowest BCUT2D eigenvalue weighted by atomic mass is 10.1. The molecule has 0 saturated carbocycles. The van der Waals surface area contributed by atoms with Crippen molar-refractivity contribution in [2.45, 2.75) is 34.1 Å². The van der Waals surface area contributed by atoms with Crippen LogP contribution in [0.4, 0.5) is 11.4 Å². The normalized spacial score (nSPS) is 10.5. The summed E-state index contributed by atoms with van der Waals surface area (Å²) in [6.07, 6.45) is 5.47. The van der Waals surface area contributed by atoms with Crippen molar-refractivity contribution in [2.24, 2.45) is 0 Å². The number of hydrogen-bond acceptors (Lipinski definition) is 10. The topological polar surface area (TPSA) is 195 Å². The van der Waals surface area contributed by atoms with Crippen LogP contribution >= 0.6 is 15.9 Å². The zero-order valence-electron chi connectivity index (χ0n) is 25.8. The molecule has 2 N–H and O–H groups in total. The number of nitro benzene ring substituents is 2. The van der Waals surface area contributed by atoms with Crippen molar-refractivity contribution >= 4 is 47.0 Å². The number of rotatable bonds is 10. The van der Waals surface area contributed by atoms with E-state index in [0.717, 1.165) is 0 Å². The van der Waals surface area contributed by atoms with E-state index in [1.807, 2.05) is 0 Å². The highest BCUT2D eigenvalue weighted by Gasteiger charge is 2.23. The quantitative estimate of drug-likeness (QED) is 0.116. The fraction of sp³-hybridized carbons (Fsp3) is 0.176. The zero-order valence-corrected chi connectivity index (χ0v) is 29.0. The van der Waals surface area contributed by atoms with E-state index in [9.17, 15) is 37.1 Å². The molecule has 0 unspecified atom stereocenters. The van der Waals surface area contributed by atoms with Gasteiger partial charge in [0.2, 0.25) is 0 Å². The molecule has 0 saturated heterocycles. The van der Waals surface area contributed by atoms with Crippen molar-refractivity contribution in [3.8, 4) is 24.2 Å². The van der Waals surface area contributed by atoms with E-state index in [2.05, 4.69) is 33.7 Å². The van der Waals surface area contributed by atoms with E-state index in [1.54, 1.807) is 36.4 Å². The highest BCUT2D eigenvalue weighted by Crippen LogP contribution is 2.27. The first-order valence-corrected chi connectivity index (χ1v) is 18.2. The Bertz CT molecular complexity index is 2060. The summed E-state index contributed by atoms with van der Waals surface area (Å²) in [6.45, 7) is 0.0196. The van der Waals surface area contributed by atoms with Gasteiger partial charge in [-0.15, -0.1) is 12.3 Å². The molecule has 0 amide bonds. The maximum absolute atomic E-state index is 12.5. The number of nitrogens with zero attached hydrogens (tertiary/aromatic N) is 2. The molecule has 0 aromatic heterocycles. The summed E-state index contributed by atoms with van der Waals surface area (Å²) in [5.74, 6) is 6.83. The maximum Gasteiger partial charge on any atom is 0.273 e. The van der Waals surface area contributed by atoms with Crippen LogP contribution in [0.2, 0.25) is 0 Å². The molecule has 49 heavy (non-hydrogen) atoms. The van der Waals surface area contributed by atoms with E-state index in [-0.39, 0.29) is 51.9 Å². The van der Waals surface area contributed by atoms with E-state index in [1.165, 1.54) is 60.7 Å². The summed E-state index contributed by atoms with van der Waals surface area (Å²) in [5, 5.41) is 38.8. The van der Waals surface area contributed by atoms with Crippen LogP contribution in [0.15, 0.2) is 111 Å². The summed E-state index contributed by atoms with van der Waals surface area (Å²) in [4.78, 5) is 21.2. The third-order valence-corrected chi connectivity index (χ3v) is 9.99. The van der Waals surface area contributed by atoms with Crippen molar-refractivity contribution in [1.82, 2.24) is 0 Å². The second kappa shape index (κ2) is 19.8. The lowest BCUT2D eigenvalue weighted by molar-refractivity contribution is -0.385. The number of nitro groups is 2. The SMILES string of the molecule is C#CCCO.O=[N+]([O-])c1ccc(Br)cc1CS(=O)(=O)c1ccccc1.O=[N+]([O-])c1ccc(C#CCCO)cc1CS(=O)(=O)c1ccccc1. The number of aliphatic hydroxyl groups is 2. The Balaban J connectivity index is 0.000000303. The van der Waals surface area contributed by atoms with Gasteiger partial charge in [-0.3, -0.25) is 20.2 Å². The number of sulfone groups is 2. The highest BCUT2D eigenvalue weighted by atomic mass is 79.9. The van der Waals surface area contributed by atoms with Crippen LogP contribution in [-0.2, 0) is 31.2 Å². The molecule has 4 aromatic carbocycles. The van der Waals surface area contributed by atoms with Gasteiger partial charge in [-0.1, -0.05) is 64.2 Å². The van der Waals surface area contributed by atoms with Gasteiger partial charge < -0.3 is 10.2 Å². The van der Waals surface area contributed by atoms with Crippen LogP contribution in [0.5, 0.6) is 0 Å². The Morgan fingerprint density at radius 2 is 1.12 bits per heavy atom. The standard InChI is InChI=1S/C17H15NO5S.C13H10BrNO4S.C4H6O/c19-11-5-4-6-14-9-10-17(18(20)21)15(12-14)13-24(22,23)16-7-2-1-3-8-16;14-11-6-7-13(15(16)17)10(8-11)9-20(18,19)12-4-2-1-3-5-12;1-2-3-4-5/h1-3,7-10,12,19H,5,11,13H2;1-8H,9H2;1,5H,3-4H2. The third kappa shape index (κ3) is 13.3. The van der Waals surface area contributed by atoms with Crippen molar-refractivity contribution in [1.29, 1.82) is 0 Å². The maximum atomic E-state index is 12.5. The second-order valence-electron chi connectivity index (χ2n) is 9.73. The molecule has 256 valence electrons. The van der Waals surface area contributed by atoms with Crippen LogP contribution in [0.3, 0.4) is 0 Å². The minimum absolute atomic E-state index is 0.0830. The molecule has 0 spiro atoms. The van der Waals surface area contributed by atoms with E-state index >= 15 is 0 Å². The third-order valence-electron chi connectivity index (χ3n) is 6.14. The van der Waals surface area contributed by atoms with Gasteiger partial charge in [0.25, 0.3) is 11.4 Å². The van der Waals surface area contributed by atoms with Gasteiger partial charge in [0.05, 0.1) is 44.4 Å². The fourth-order valence-electron chi connectivity index (χ4n) is 3.92. The van der Waals surface area contributed by atoms with Crippen LogP contribution in [0, 0.1) is 44.4 Å². The van der Waals surface area contributed by atoms with Crippen LogP contribution < -0.4 is 0 Å². The molecular formula is C34H31BrN2O10S2. The highest BCUT2D eigenvalue weighted by molar-refractivity contribution is 9.10. The Morgan fingerprint density at radius 1 is 0.673 bits per heavy atom. The van der Waals surface area contributed by atoms with Crippen molar-refractivity contribution in [3.05, 3.63) is 138 Å². The predicted octanol–water partition coefficient (Wildman–Crippen LogP) is 5.64. The van der Waals surface area contributed by atoms with E-state index < -0.39 is 41.0 Å². The van der Waals surface area contributed by atoms with E-state index in [4.69, 9.17) is 16.6 Å². The number of benzene rings is 4. The number of aliphatic hydroxyl groups excluding tert-OH is 2. The zero-order chi connectivity index (χ0) is 36.5. The lowest BCUT2D eigenvalue weighted by Crippen LogP contribution is -2.07. The van der Waals surface area contributed by atoms with Gasteiger partial charge in [0, 0.05) is 46.1 Å². The minimum Gasteiger partial charge on any atom is -0.395 e. The van der Waals surface area contributed by atoms with Gasteiger partial charge >= 0.3 is 0 Å². The molecule has 15 heteroatoms. The summed E-state index contributed by atoms with van der Waals surface area (Å²) >= 11 is 3.19. The molecule has 0 radical (unpaired) electrons. The van der Waals surface area contributed by atoms with Crippen LogP contribution in [0.1, 0.15) is 29.5 Å². The van der Waals surface area contributed by atoms with Gasteiger partial charge in [-0.05, 0) is 48.5 Å². The summed E-state index contributed by atoms with van der Waals surface area (Å²) in [7, 11) is -7.32. The molecular weight excluding hydrogens is 740 g/mol. The van der Waals surface area contributed by atoms with Crippen LogP contribution in [-0.4, -0.2) is 50.1 Å². The molecule has 0 aliphatic heterocycles. The number of hydrogen-bond donors (Lipinski definition) is 2. The summed E-state index contributed by atoms with van der Waals surface area (Å²) in [6, 6.07) is 24.0. The Labute approximate surface area is 292 Å². The molecule has 0 aliphatic carbocycles. The van der Waals surface area contributed by atoms with Crippen molar-refractivity contribution in [2.75, 3.05) is 13.2 Å². The molecule has 0 atom stereocenters. The van der Waals surface area contributed by atoms with Gasteiger partial charge in [-0.25, -0.2) is 16.8 Å². The molecule has 0 bridgehead atoms. The van der Waals surface area contributed by atoms with Crippen molar-refractivity contribution in [3.63, 3.8) is 0 Å². The number of terminal acetylenes is 1. The molecule has 0 fully saturated rings. The average Bonchev–Trinajstić information content (AvgIpc) is 3.06. The Kier molecular flexibility index (Phi) is 16.3. The summed E-state index contributed by atoms with van der Waals surface area (Å²) in [5.41, 5.74) is 0.245. The fourth-order valence-corrected chi connectivity index (χ4v) is 7.09. The van der Waals surface area contributed by atoms with Gasteiger partial charge in [0.15, 0.2) is 19.7 Å². The largest absolute Gasteiger partial charge is 0.395 e. The minimum atomic E-state index is -3.70. The van der Waals surface area contributed by atoms with Gasteiger partial charge in [0.1, 0.15) is 0 Å². The predicted molar refractivity (Wildman–Crippen MR) is 188 cm³/mol. The first kappa shape index (κ1) is 40.3. The van der Waals surface area contributed by atoms with Crippen molar-refractivity contribution < 1.29 is 36.9 Å². The average molecular weight is 772 g/mol. The second-order valence-corrected chi connectivity index (χ2v) is 14.6. The Hall–Kier alpha value is -4.90. The molecule has 0 aliphatic rings. The van der Waals surface area contributed by atoms with Gasteiger partial charge in [-0.2, -0.15) is 0 Å². The monoisotopic (exact) mass is 770 g/mol. The molecule has 0 heterocycles. The Morgan fingerprint density at radius 3 is 1.53 bits per heavy atom. The molecule has 4 rings (SSSR count). The molecule has 4 aromatic rings. The molecule has 12 nitrogen and oxygen atoms in total. The smallest absolute Gasteiger partial charge is 0.273 e. The first-order chi connectivity index (χ1) is 23.2. The lowest BCUT2D eigenvalue weighted by Gasteiger charge is -2.06. The first-order valence-electron chi connectivity index (χ1n) is 14.2. The van der Waals surface area contributed by atoms with Crippen LogP contribution in [0.25, 0.3) is 0 Å². The summed E-state index contributed by atoms with van der Waals surface area (Å²) < 4.78 is 50.0. The van der Waals surface area contributed by atoms with E-state index in [0.29, 0.717) is 16.5 Å².